The van der Waals surface area contributed by atoms with Gasteiger partial charge in [-0.15, -0.1) is 0 Å². The lowest BCUT2D eigenvalue weighted by Gasteiger charge is -2.34. The zero-order valence-corrected chi connectivity index (χ0v) is 15.9. The van der Waals surface area contributed by atoms with Crippen molar-refractivity contribution in [1.29, 1.82) is 0 Å². The molecular weight excluding hydrogens is 376 g/mol. The number of hydrogen-bond donors (Lipinski definition) is 0. The highest BCUT2D eigenvalue weighted by Gasteiger charge is 2.27. The van der Waals surface area contributed by atoms with E-state index >= 15 is 0 Å². The number of rotatable bonds is 2. The number of carbonyl (C=O) groups is 2. The highest BCUT2D eigenvalue weighted by atomic mass is 19.1. The van der Waals surface area contributed by atoms with Crippen LogP contribution in [0, 0.1) is 18.6 Å². The van der Waals surface area contributed by atoms with Crippen molar-refractivity contribution in [3.63, 3.8) is 0 Å². The van der Waals surface area contributed by atoms with Crippen molar-refractivity contribution in [2.75, 3.05) is 26.2 Å². The zero-order valence-electron chi connectivity index (χ0n) is 15.9. The summed E-state index contributed by atoms with van der Waals surface area (Å²) in [5, 5.41) is 1.91. The lowest BCUT2D eigenvalue weighted by atomic mass is 10.1. The molecule has 29 heavy (non-hydrogen) atoms. The second kappa shape index (κ2) is 7.58. The van der Waals surface area contributed by atoms with Crippen molar-refractivity contribution < 1.29 is 18.4 Å². The lowest BCUT2D eigenvalue weighted by molar-refractivity contribution is 0.0529. The number of halogens is 2. The van der Waals surface area contributed by atoms with Crippen LogP contribution in [0.3, 0.4) is 0 Å². The summed E-state index contributed by atoms with van der Waals surface area (Å²) in [6, 6.07) is 10.6. The Labute approximate surface area is 166 Å². The zero-order chi connectivity index (χ0) is 20.5. The predicted octanol–water partition coefficient (Wildman–Crippen LogP) is 3.42. The topological polar surface area (TPSA) is 53.5 Å². The van der Waals surface area contributed by atoms with E-state index in [0.717, 1.165) is 28.5 Å². The van der Waals surface area contributed by atoms with Crippen LogP contribution in [-0.2, 0) is 0 Å². The molecule has 2 amide bonds. The van der Waals surface area contributed by atoms with Crippen LogP contribution in [0.2, 0.25) is 0 Å². The molecule has 1 aromatic heterocycles. The first kappa shape index (κ1) is 19.0. The molecule has 4 rings (SSSR count). The molecule has 7 heteroatoms. The number of amides is 2. The van der Waals surface area contributed by atoms with Crippen molar-refractivity contribution in [1.82, 2.24) is 14.8 Å². The molecule has 0 radical (unpaired) electrons. The van der Waals surface area contributed by atoms with Gasteiger partial charge in [0.15, 0.2) is 0 Å². The predicted molar refractivity (Wildman–Crippen MR) is 105 cm³/mol. The van der Waals surface area contributed by atoms with Gasteiger partial charge in [0.2, 0.25) is 0 Å². The van der Waals surface area contributed by atoms with Gasteiger partial charge in [0.25, 0.3) is 11.8 Å². The molecule has 3 aromatic rings. The Kier molecular flexibility index (Phi) is 4.96. The molecule has 148 valence electrons. The van der Waals surface area contributed by atoms with E-state index in [1.807, 2.05) is 25.1 Å². The maximum Gasteiger partial charge on any atom is 0.272 e. The molecule has 0 bridgehead atoms. The van der Waals surface area contributed by atoms with Gasteiger partial charge in [0, 0.05) is 43.8 Å². The fourth-order valence-electron chi connectivity index (χ4n) is 3.49. The molecule has 1 aliphatic heterocycles. The third kappa shape index (κ3) is 3.81. The van der Waals surface area contributed by atoms with Gasteiger partial charge in [-0.1, -0.05) is 23.8 Å². The maximum atomic E-state index is 13.9. The normalized spacial score (nSPS) is 14.3. The van der Waals surface area contributed by atoms with E-state index in [0.29, 0.717) is 24.8 Å². The summed E-state index contributed by atoms with van der Waals surface area (Å²) < 4.78 is 26.9. The van der Waals surface area contributed by atoms with Crippen molar-refractivity contribution in [2.45, 2.75) is 6.92 Å². The third-order valence-electron chi connectivity index (χ3n) is 5.11. The number of benzene rings is 2. The van der Waals surface area contributed by atoms with Crippen molar-refractivity contribution in [3.8, 4) is 0 Å². The van der Waals surface area contributed by atoms with E-state index in [4.69, 9.17) is 0 Å². The number of carbonyl (C=O) groups excluding carboxylic acids is 2. The molecular formula is C22H19F2N3O2. The number of pyridine rings is 1. The van der Waals surface area contributed by atoms with Crippen LogP contribution >= 0.6 is 0 Å². The first-order valence-corrected chi connectivity index (χ1v) is 9.32. The molecule has 5 nitrogen and oxygen atoms in total. The van der Waals surface area contributed by atoms with Gasteiger partial charge in [-0.3, -0.25) is 14.6 Å². The molecule has 1 fully saturated rings. The summed E-state index contributed by atoms with van der Waals surface area (Å²) in [4.78, 5) is 32.7. The number of hydrogen-bond acceptors (Lipinski definition) is 3. The van der Waals surface area contributed by atoms with E-state index in [9.17, 15) is 18.4 Å². The number of nitrogens with zero attached hydrogens (tertiary/aromatic N) is 3. The maximum absolute atomic E-state index is 13.9. The number of fused-ring (bicyclic) bond motifs is 1. The average Bonchev–Trinajstić information content (AvgIpc) is 2.72. The summed E-state index contributed by atoms with van der Waals surface area (Å²) in [6.45, 7) is 3.17. The number of aryl methyl sites for hydroxylation is 1. The van der Waals surface area contributed by atoms with Crippen LogP contribution in [0.5, 0.6) is 0 Å². The van der Waals surface area contributed by atoms with Gasteiger partial charge in [-0.05, 0) is 30.5 Å². The number of aromatic nitrogens is 1. The summed E-state index contributed by atoms with van der Waals surface area (Å²) in [7, 11) is 0. The second-order valence-electron chi connectivity index (χ2n) is 7.13. The average molecular weight is 395 g/mol. The monoisotopic (exact) mass is 395 g/mol. The van der Waals surface area contributed by atoms with Crippen LogP contribution in [0.15, 0.2) is 48.7 Å². The van der Waals surface area contributed by atoms with Gasteiger partial charge in [-0.2, -0.15) is 0 Å². The second-order valence-corrected chi connectivity index (χ2v) is 7.13. The van der Waals surface area contributed by atoms with Crippen LogP contribution in [0.4, 0.5) is 8.78 Å². The van der Waals surface area contributed by atoms with Gasteiger partial charge in [0.1, 0.15) is 17.3 Å². The first-order valence-electron chi connectivity index (χ1n) is 9.32. The Bertz CT molecular complexity index is 1110. The fraction of sp³-hybridized carbons (Fsp3) is 0.227. The molecule has 2 heterocycles. The minimum Gasteiger partial charge on any atom is -0.335 e. The molecule has 0 spiro atoms. The summed E-state index contributed by atoms with van der Waals surface area (Å²) in [5.41, 5.74) is 1.28. The highest BCUT2D eigenvalue weighted by Crippen LogP contribution is 2.18. The molecule has 0 N–H and O–H groups in total. The Morgan fingerprint density at radius 3 is 2.24 bits per heavy atom. The Hall–Kier alpha value is -3.35. The van der Waals surface area contributed by atoms with E-state index in [1.165, 1.54) is 4.90 Å². The fourth-order valence-corrected chi connectivity index (χ4v) is 3.49. The molecule has 0 atom stereocenters. The smallest absolute Gasteiger partial charge is 0.272 e. The van der Waals surface area contributed by atoms with Crippen molar-refractivity contribution in [3.05, 3.63) is 77.1 Å². The van der Waals surface area contributed by atoms with Crippen LogP contribution in [-0.4, -0.2) is 52.8 Å². The quantitative estimate of drug-likeness (QED) is 0.668. The molecule has 2 aromatic carbocycles. The van der Waals surface area contributed by atoms with Crippen molar-refractivity contribution in [2.24, 2.45) is 0 Å². The summed E-state index contributed by atoms with van der Waals surface area (Å²) >= 11 is 0. The van der Waals surface area contributed by atoms with E-state index < -0.39 is 17.5 Å². The molecule has 0 saturated carbocycles. The van der Waals surface area contributed by atoms with Crippen LogP contribution in [0.25, 0.3) is 10.8 Å². The van der Waals surface area contributed by atoms with Crippen molar-refractivity contribution >= 4 is 22.6 Å². The Balaban J connectivity index is 1.45. The van der Waals surface area contributed by atoms with Gasteiger partial charge < -0.3 is 9.80 Å². The molecule has 0 unspecified atom stereocenters. The lowest BCUT2D eigenvalue weighted by Crippen LogP contribution is -2.50. The van der Waals surface area contributed by atoms with Crippen LogP contribution < -0.4 is 0 Å². The molecule has 1 saturated heterocycles. The van der Waals surface area contributed by atoms with Gasteiger partial charge >= 0.3 is 0 Å². The van der Waals surface area contributed by atoms with Crippen LogP contribution in [0.1, 0.15) is 26.4 Å². The SMILES string of the molecule is Cc1ccc2cnc(C(=O)N3CCN(C(=O)c4ccc(F)cc4F)CC3)cc2c1. The van der Waals surface area contributed by atoms with E-state index in [2.05, 4.69) is 4.98 Å². The largest absolute Gasteiger partial charge is 0.335 e. The standard InChI is InChI=1S/C22H19F2N3O2/c1-14-2-3-15-13-25-20(11-16(15)10-14)22(29)27-8-6-26(7-9-27)21(28)18-5-4-17(23)12-19(18)24/h2-5,10-13H,6-9H2,1H3. The highest BCUT2D eigenvalue weighted by molar-refractivity contribution is 5.97. The molecule has 1 aliphatic rings. The summed E-state index contributed by atoms with van der Waals surface area (Å²) in [5.74, 6) is -2.32. The number of piperazine rings is 1. The summed E-state index contributed by atoms with van der Waals surface area (Å²) in [6.07, 6.45) is 1.68. The first-order chi connectivity index (χ1) is 13.9. The minimum absolute atomic E-state index is 0.169. The third-order valence-corrected chi connectivity index (χ3v) is 5.11. The van der Waals surface area contributed by atoms with Gasteiger partial charge in [-0.25, -0.2) is 8.78 Å². The van der Waals surface area contributed by atoms with E-state index in [1.54, 1.807) is 17.2 Å². The molecule has 0 aliphatic carbocycles. The van der Waals surface area contributed by atoms with Gasteiger partial charge in [0.05, 0.1) is 5.56 Å². The Morgan fingerprint density at radius 1 is 0.862 bits per heavy atom. The minimum atomic E-state index is -0.885. The Morgan fingerprint density at radius 2 is 1.55 bits per heavy atom. The van der Waals surface area contributed by atoms with E-state index in [-0.39, 0.29) is 24.6 Å².